The lowest BCUT2D eigenvalue weighted by Crippen LogP contribution is -2.33. The van der Waals surface area contributed by atoms with Crippen molar-refractivity contribution in [1.82, 2.24) is 19.5 Å². The van der Waals surface area contributed by atoms with Gasteiger partial charge in [-0.3, -0.25) is 14.2 Å². The molecule has 12 heteroatoms. The van der Waals surface area contributed by atoms with Gasteiger partial charge in [-0.15, -0.1) is 0 Å². The summed E-state index contributed by atoms with van der Waals surface area (Å²) in [7, 11) is 0. The second-order valence-electron chi connectivity index (χ2n) is 6.55. The first-order chi connectivity index (χ1) is 14.0. The van der Waals surface area contributed by atoms with Crippen LogP contribution < -0.4 is 4.90 Å². The second-order valence-corrected chi connectivity index (χ2v) is 6.55. The molecule has 4 N–H and O–H groups in total. The number of aliphatic hydroxyl groups excluding tert-OH is 4. The van der Waals surface area contributed by atoms with Crippen molar-refractivity contribution in [2.75, 3.05) is 11.5 Å². The average Bonchev–Trinajstić information content (AvgIpc) is 3.29. The maximum absolute atomic E-state index is 11.2. The number of imidazole rings is 1. The maximum Gasteiger partial charge on any atom is 0.168 e. The van der Waals surface area contributed by atoms with Crippen LogP contribution in [0.15, 0.2) is 36.2 Å². The normalized spacial score (nSPS) is 27.8. The van der Waals surface area contributed by atoms with E-state index in [-0.39, 0.29) is 28.1 Å². The molecule has 2 aromatic rings. The Balaban J connectivity index is 1.78. The standard InChI is InChI=1S/C17H17N5O7/c23-3-8-1-21(2-9(4-24)12(8)26)15-11-16(19-6-18-15)22(7-20-11)17-14(28)13(27)10(5-25)29-17/h1-4,6-7,10,12-14,17,25-28H,5H2/t10-,13-,14-,17-/m1/s1. The molecule has 12 nitrogen and oxygen atoms in total. The molecule has 0 aliphatic carbocycles. The van der Waals surface area contributed by atoms with Crippen LogP contribution in [0, 0.1) is 0 Å². The first kappa shape index (κ1) is 19.3. The lowest BCUT2D eigenvalue weighted by Gasteiger charge is -2.24. The summed E-state index contributed by atoms with van der Waals surface area (Å²) in [5.41, 5.74) is 0.427. The number of nitrogens with zero attached hydrogens (tertiary/aromatic N) is 5. The molecule has 0 amide bonds. The van der Waals surface area contributed by atoms with Gasteiger partial charge in [-0.2, -0.15) is 0 Å². The highest BCUT2D eigenvalue weighted by atomic mass is 16.6. The van der Waals surface area contributed by atoms with E-state index in [9.17, 15) is 30.0 Å². The molecule has 0 aromatic carbocycles. The van der Waals surface area contributed by atoms with Gasteiger partial charge in [0, 0.05) is 23.5 Å². The van der Waals surface area contributed by atoms with Gasteiger partial charge in [-0.1, -0.05) is 0 Å². The fourth-order valence-corrected chi connectivity index (χ4v) is 3.33. The van der Waals surface area contributed by atoms with Crippen molar-refractivity contribution in [3.8, 4) is 0 Å². The number of rotatable bonds is 5. The number of aromatic nitrogens is 4. The smallest absolute Gasteiger partial charge is 0.168 e. The molecule has 0 saturated carbocycles. The van der Waals surface area contributed by atoms with Crippen molar-refractivity contribution in [2.24, 2.45) is 0 Å². The summed E-state index contributed by atoms with van der Waals surface area (Å²) in [6.45, 7) is -0.476. The van der Waals surface area contributed by atoms with E-state index in [4.69, 9.17) is 4.74 Å². The van der Waals surface area contributed by atoms with E-state index in [1.54, 1.807) is 0 Å². The number of hydrogen-bond donors (Lipinski definition) is 4. The number of ether oxygens (including phenoxy) is 1. The van der Waals surface area contributed by atoms with E-state index in [0.29, 0.717) is 12.6 Å². The molecule has 152 valence electrons. The van der Waals surface area contributed by atoms with Crippen LogP contribution in [0.1, 0.15) is 6.23 Å². The van der Waals surface area contributed by atoms with E-state index < -0.39 is 37.3 Å². The molecule has 1 fully saturated rings. The van der Waals surface area contributed by atoms with Crippen LogP contribution in [0.2, 0.25) is 0 Å². The van der Waals surface area contributed by atoms with Gasteiger partial charge in [0.2, 0.25) is 0 Å². The third-order valence-corrected chi connectivity index (χ3v) is 4.86. The number of hydrogen-bond acceptors (Lipinski definition) is 11. The molecule has 4 atom stereocenters. The van der Waals surface area contributed by atoms with Crippen molar-refractivity contribution in [1.29, 1.82) is 0 Å². The van der Waals surface area contributed by atoms with Crippen molar-refractivity contribution in [2.45, 2.75) is 30.6 Å². The van der Waals surface area contributed by atoms with Crippen LogP contribution in [0.3, 0.4) is 0 Å². The minimum Gasteiger partial charge on any atom is -0.394 e. The summed E-state index contributed by atoms with van der Waals surface area (Å²) in [4.78, 5) is 36.4. The van der Waals surface area contributed by atoms with Gasteiger partial charge < -0.3 is 30.1 Å². The van der Waals surface area contributed by atoms with Gasteiger partial charge in [-0.25, -0.2) is 15.0 Å². The first-order valence-corrected chi connectivity index (χ1v) is 8.60. The van der Waals surface area contributed by atoms with E-state index in [2.05, 4.69) is 15.0 Å². The Morgan fingerprint density at radius 1 is 1.03 bits per heavy atom. The van der Waals surface area contributed by atoms with Crippen LogP contribution in [-0.4, -0.2) is 83.5 Å². The molecule has 0 bridgehead atoms. The van der Waals surface area contributed by atoms with Gasteiger partial charge in [-0.05, 0) is 0 Å². The fourth-order valence-electron chi connectivity index (χ4n) is 3.33. The number of carbonyl (C=O) groups is 2. The Morgan fingerprint density at radius 3 is 2.31 bits per heavy atom. The van der Waals surface area contributed by atoms with Gasteiger partial charge >= 0.3 is 0 Å². The molecular formula is C17H17N5O7. The lowest BCUT2D eigenvalue weighted by atomic mass is 10.0. The van der Waals surface area contributed by atoms with Crippen molar-refractivity contribution >= 4 is 29.6 Å². The Morgan fingerprint density at radius 2 is 1.72 bits per heavy atom. The van der Waals surface area contributed by atoms with E-state index in [0.717, 1.165) is 0 Å². The minimum absolute atomic E-state index is 0.0377. The monoisotopic (exact) mass is 403 g/mol. The molecule has 2 aromatic heterocycles. The zero-order valence-corrected chi connectivity index (χ0v) is 14.8. The molecule has 0 radical (unpaired) electrons. The number of aldehydes is 2. The Labute approximate surface area is 163 Å². The molecular weight excluding hydrogens is 386 g/mol. The van der Waals surface area contributed by atoms with E-state index >= 15 is 0 Å². The Kier molecular flexibility index (Phi) is 4.94. The summed E-state index contributed by atoms with van der Waals surface area (Å²) < 4.78 is 6.89. The molecule has 1 saturated heterocycles. The zero-order valence-electron chi connectivity index (χ0n) is 14.8. The fraction of sp³-hybridized carbons (Fsp3) is 0.353. The minimum atomic E-state index is -1.34. The number of aliphatic hydroxyl groups is 4. The summed E-state index contributed by atoms with van der Waals surface area (Å²) in [5.74, 6) is 0.214. The number of fused-ring (bicyclic) bond motifs is 1. The maximum atomic E-state index is 11.2. The highest BCUT2D eigenvalue weighted by Crippen LogP contribution is 2.33. The average molecular weight is 403 g/mol. The SMILES string of the molecule is O=CC1=CN(c2ncnc3c2ncn3[C@@H]2O[C@H](CO)[C@@H](O)[C@H]2O)C=C(C=O)C1O. The molecule has 0 unspecified atom stereocenters. The molecule has 2 aliphatic rings. The van der Waals surface area contributed by atoms with E-state index in [1.165, 1.54) is 34.5 Å². The van der Waals surface area contributed by atoms with Crippen molar-refractivity contribution in [3.05, 3.63) is 36.2 Å². The van der Waals surface area contributed by atoms with Crippen LogP contribution in [0.25, 0.3) is 11.2 Å². The summed E-state index contributed by atoms with van der Waals surface area (Å²) in [6.07, 6.45) is 0.0927. The van der Waals surface area contributed by atoms with Gasteiger partial charge in [0.25, 0.3) is 0 Å². The molecule has 2 aliphatic heterocycles. The largest absolute Gasteiger partial charge is 0.394 e. The summed E-state index contributed by atoms with van der Waals surface area (Å²) >= 11 is 0. The third-order valence-electron chi connectivity index (χ3n) is 4.86. The van der Waals surface area contributed by atoms with Crippen LogP contribution in [0.5, 0.6) is 0 Å². The van der Waals surface area contributed by atoms with Crippen LogP contribution >= 0.6 is 0 Å². The van der Waals surface area contributed by atoms with Crippen LogP contribution in [-0.2, 0) is 14.3 Å². The summed E-state index contributed by atoms with van der Waals surface area (Å²) in [6, 6.07) is 0. The van der Waals surface area contributed by atoms with Crippen molar-refractivity contribution in [3.63, 3.8) is 0 Å². The highest BCUT2D eigenvalue weighted by molar-refractivity contribution is 5.90. The quantitative estimate of drug-likeness (QED) is 0.399. The lowest BCUT2D eigenvalue weighted by molar-refractivity contribution is -0.106. The Hall–Kier alpha value is -3.03. The van der Waals surface area contributed by atoms with Crippen LogP contribution in [0.4, 0.5) is 5.82 Å². The highest BCUT2D eigenvalue weighted by Gasteiger charge is 2.44. The van der Waals surface area contributed by atoms with E-state index in [1.807, 2.05) is 0 Å². The predicted molar refractivity (Wildman–Crippen MR) is 95.1 cm³/mol. The molecule has 29 heavy (non-hydrogen) atoms. The molecule has 4 heterocycles. The first-order valence-electron chi connectivity index (χ1n) is 8.60. The molecule has 4 rings (SSSR count). The van der Waals surface area contributed by atoms with Crippen molar-refractivity contribution < 1.29 is 34.8 Å². The molecule has 0 spiro atoms. The number of carbonyl (C=O) groups excluding carboxylic acids is 2. The predicted octanol–water partition coefficient (Wildman–Crippen LogP) is -2.22. The third kappa shape index (κ3) is 3.03. The van der Waals surface area contributed by atoms with Gasteiger partial charge in [0.15, 0.2) is 23.2 Å². The van der Waals surface area contributed by atoms with Gasteiger partial charge in [0.1, 0.15) is 43.3 Å². The topological polar surface area (TPSA) is 171 Å². The second kappa shape index (κ2) is 7.42. The zero-order chi connectivity index (χ0) is 20.7. The number of anilines is 1. The summed E-state index contributed by atoms with van der Waals surface area (Å²) in [5, 5.41) is 39.5. The van der Waals surface area contributed by atoms with Gasteiger partial charge in [0.05, 0.1) is 12.9 Å². The Bertz CT molecular complexity index is 993.